The van der Waals surface area contributed by atoms with Crippen LogP contribution < -0.4 is 0 Å². The molecule has 2 heterocycles. The highest BCUT2D eigenvalue weighted by Gasteiger charge is 2.45. The van der Waals surface area contributed by atoms with Crippen LogP contribution in [0.5, 0.6) is 0 Å². The zero-order valence-electron chi connectivity index (χ0n) is 16.2. The molecule has 0 radical (unpaired) electrons. The van der Waals surface area contributed by atoms with E-state index in [2.05, 4.69) is 0 Å². The van der Waals surface area contributed by atoms with E-state index < -0.39 is 30.3 Å². The van der Waals surface area contributed by atoms with E-state index in [1.54, 1.807) is 60.7 Å². The Morgan fingerprint density at radius 2 is 1.53 bits per heavy atom. The third-order valence-corrected chi connectivity index (χ3v) is 4.88. The van der Waals surface area contributed by atoms with E-state index in [1.807, 2.05) is 0 Å². The fraction of sp³-hybridized carbons (Fsp3) is 0.364. The van der Waals surface area contributed by atoms with Crippen molar-refractivity contribution in [1.82, 2.24) is 0 Å². The molecule has 2 aliphatic heterocycles. The third-order valence-electron chi connectivity index (χ3n) is 4.88. The van der Waals surface area contributed by atoms with E-state index in [4.69, 9.17) is 28.4 Å². The molecule has 2 fully saturated rings. The molecule has 4 atom stereocenters. The molecular weight excluding hydrogens is 392 g/mol. The zero-order chi connectivity index (χ0) is 20.8. The van der Waals surface area contributed by atoms with Crippen LogP contribution in [-0.4, -0.2) is 63.2 Å². The first-order chi connectivity index (χ1) is 14.7. The van der Waals surface area contributed by atoms with Gasteiger partial charge in [-0.15, -0.1) is 0 Å². The zero-order valence-corrected chi connectivity index (χ0v) is 16.2. The van der Waals surface area contributed by atoms with Crippen molar-refractivity contribution in [2.45, 2.75) is 24.4 Å². The third kappa shape index (κ3) is 4.85. The predicted molar refractivity (Wildman–Crippen MR) is 103 cm³/mol. The fourth-order valence-corrected chi connectivity index (χ4v) is 3.35. The van der Waals surface area contributed by atoms with Gasteiger partial charge in [-0.2, -0.15) is 0 Å². The van der Waals surface area contributed by atoms with Crippen LogP contribution in [0.15, 0.2) is 60.7 Å². The second kappa shape index (κ2) is 9.82. The van der Waals surface area contributed by atoms with E-state index in [1.165, 1.54) is 0 Å². The summed E-state index contributed by atoms with van der Waals surface area (Å²) in [5.74, 6) is -1.07. The van der Waals surface area contributed by atoms with Gasteiger partial charge in [0, 0.05) is 0 Å². The number of benzene rings is 2. The fourth-order valence-electron chi connectivity index (χ4n) is 3.35. The minimum absolute atomic E-state index is 0.00935. The minimum Gasteiger partial charge on any atom is -0.458 e. The monoisotopic (exact) mass is 414 g/mol. The molecule has 0 bridgehead atoms. The van der Waals surface area contributed by atoms with Crippen molar-refractivity contribution in [3.05, 3.63) is 71.8 Å². The molecule has 8 nitrogen and oxygen atoms in total. The van der Waals surface area contributed by atoms with Crippen molar-refractivity contribution in [3.63, 3.8) is 0 Å². The van der Waals surface area contributed by atoms with Gasteiger partial charge in [-0.25, -0.2) is 9.59 Å². The van der Waals surface area contributed by atoms with Gasteiger partial charge in [0.25, 0.3) is 0 Å². The van der Waals surface area contributed by atoms with Gasteiger partial charge in [0.1, 0.15) is 38.5 Å². The Morgan fingerprint density at radius 1 is 0.867 bits per heavy atom. The molecule has 2 aromatic rings. The summed E-state index contributed by atoms with van der Waals surface area (Å²) < 4.78 is 33.3. The number of carbonyl (C=O) groups is 2. The average Bonchev–Trinajstić information content (AvgIpc) is 2.82. The summed E-state index contributed by atoms with van der Waals surface area (Å²) in [4.78, 5) is 25.0. The number of rotatable bonds is 6. The summed E-state index contributed by atoms with van der Waals surface area (Å²) in [5.41, 5.74) is 0.784. The maximum Gasteiger partial charge on any atom is 0.338 e. The van der Waals surface area contributed by atoms with Gasteiger partial charge in [-0.3, -0.25) is 0 Å². The number of esters is 2. The quantitative estimate of drug-likeness (QED) is 0.665. The number of hydrogen-bond donors (Lipinski definition) is 0. The summed E-state index contributed by atoms with van der Waals surface area (Å²) in [6.07, 6.45) is -2.44. The van der Waals surface area contributed by atoms with Gasteiger partial charge in [0.2, 0.25) is 0 Å². The normalized spacial score (nSPS) is 24.3. The van der Waals surface area contributed by atoms with E-state index >= 15 is 0 Å². The van der Waals surface area contributed by atoms with Gasteiger partial charge >= 0.3 is 11.9 Å². The summed E-state index contributed by atoms with van der Waals surface area (Å²) in [6, 6.07) is 17.2. The Morgan fingerprint density at radius 3 is 2.23 bits per heavy atom. The van der Waals surface area contributed by atoms with Crippen molar-refractivity contribution in [1.29, 1.82) is 0 Å². The Balaban J connectivity index is 1.49. The first-order valence-corrected chi connectivity index (χ1v) is 9.63. The molecule has 0 spiro atoms. The van der Waals surface area contributed by atoms with Gasteiger partial charge in [0.05, 0.1) is 17.7 Å². The second-order valence-electron chi connectivity index (χ2n) is 6.85. The van der Waals surface area contributed by atoms with Gasteiger partial charge in [0.15, 0.2) is 6.10 Å². The van der Waals surface area contributed by atoms with Crippen LogP contribution in [0.1, 0.15) is 20.7 Å². The standard InChI is InChI=1S/C22H22O8/c23-21(15-7-3-1-4-8-15)26-12-18(30-22(24)16-9-5-2-6-10-16)20-19-17(27-14-29-20)11-25-13-28-19/h1-10,17-20H,11-14H2/t17-,18-,19+,20+/m1/s1. The van der Waals surface area contributed by atoms with Crippen molar-refractivity contribution in [3.8, 4) is 0 Å². The molecule has 0 saturated carbocycles. The highest BCUT2D eigenvalue weighted by Crippen LogP contribution is 2.26. The average molecular weight is 414 g/mol. The van der Waals surface area contributed by atoms with Gasteiger partial charge in [-0.1, -0.05) is 36.4 Å². The molecule has 2 aliphatic rings. The van der Waals surface area contributed by atoms with Crippen LogP contribution in [0.25, 0.3) is 0 Å². The molecule has 2 aromatic carbocycles. The molecule has 8 heteroatoms. The largest absolute Gasteiger partial charge is 0.458 e. The lowest BCUT2D eigenvalue weighted by atomic mass is 10.0. The first kappa shape index (κ1) is 20.5. The Labute approximate surface area is 173 Å². The van der Waals surface area contributed by atoms with Crippen molar-refractivity contribution in [2.75, 3.05) is 26.8 Å². The number of fused-ring (bicyclic) bond motifs is 1. The van der Waals surface area contributed by atoms with Gasteiger partial charge in [-0.05, 0) is 24.3 Å². The van der Waals surface area contributed by atoms with Gasteiger partial charge < -0.3 is 28.4 Å². The molecule has 2 saturated heterocycles. The summed E-state index contributed by atoms with van der Waals surface area (Å²) in [6.45, 7) is 0.218. The van der Waals surface area contributed by atoms with Crippen LogP contribution in [0.4, 0.5) is 0 Å². The maximum absolute atomic E-state index is 12.7. The smallest absolute Gasteiger partial charge is 0.338 e. The molecule has 4 rings (SSSR count). The predicted octanol–water partition coefficient (Wildman–Crippen LogP) is 2.18. The SMILES string of the molecule is O=C(OC[C@@H](OC(=O)c1ccccc1)[C@@H]1OCO[C@@H]2COCO[C@H]12)c1ccccc1. The Bertz CT molecular complexity index is 839. The highest BCUT2D eigenvalue weighted by molar-refractivity contribution is 5.90. The van der Waals surface area contributed by atoms with Crippen molar-refractivity contribution >= 4 is 11.9 Å². The lowest BCUT2D eigenvalue weighted by Crippen LogP contribution is -2.58. The van der Waals surface area contributed by atoms with Crippen LogP contribution in [-0.2, 0) is 28.4 Å². The van der Waals surface area contributed by atoms with Crippen LogP contribution in [0, 0.1) is 0 Å². The molecular formula is C22H22O8. The first-order valence-electron chi connectivity index (χ1n) is 9.63. The summed E-state index contributed by atoms with van der Waals surface area (Å²) in [5, 5.41) is 0. The van der Waals surface area contributed by atoms with E-state index in [0.29, 0.717) is 17.7 Å². The van der Waals surface area contributed by atoms with Crippen molar-refractivity contribution < 1.29 is 38.0 Å². The number of hydrogen-bond acceptors (Lipinski definition) is 8. The minimum atomic E-state index is -0.889. The van der Waals surface area contributed by atoms with Crippen molar-refractivity contribution in [2.24, 2.45) is 0 Å². The maximum atomic E-state index is 12.7. The summed E-state index contributed by atoms with van der Waals surface area (Å²) >= 11 is 0. The lowest BCUT2D eigenvalue weighted by Gasteiger charge is -2.42. The highest BCUT2D eigenvalue weighted by atomic mass is 16.8. The molecule has 0 aliphatic carbocycles. The van der Waals surface area contributed by atoms with E-state index in [-0.39, 0.29) is 26.3 Å². The van der Waals surface area contributed by atoms with Crippen LogP contribution in [0.3, 0.4) is 0 Å². The second-order valence-corrected chi connectivity index (χ2v) is 6.85. The number of ether oxygens (including phenoxy) is 6. The Kier molecular flexibility index (Phi) is 6.70. The molecule has 30 heavy (non-hydrogen) atoms. The van der Waals surface area contributed by atoms with Crippen LogP contribution in [0.2, 0.25) is 0 Å². The molecule has 0 N–H and O–H groups in total. The Hall–Kier alpha value is -2.78. The summed E-state index contributed by atoms with van der Waals surface area (Å²) in [7, 11) is 0. The lowest BCUT2D eigenvalue weighted by molar-refractivity contribution is -0.314. The molecule has 0 unspecified atom stereocenters. The van der Waals surface area contributed by atoms with E-state index in [0.717, 1.165) is 0 Å². The molecule has 0 amide bonds. The number of carbonyl (C=O) groups excluding carboxylic acids is 2. The molecule has 158 valence electrons. The van der Waals surface area contributed by atoms with E-state index in [9.17, 15) is 9.59 Å². The molecule has 0 aromatic heterocycles. The topological polar surface area (TPSA) is 89.5 Å². The van der Waals surface area contributed by atoms with Crippen LogP contribution >= 0.6 is 0 Å².